The molecule has 0 bridgehead atoms. The van der Waals surface area contributed by atoms with Gasteiger partial charge in [0.05, 0.1) is 0 Å². The summed E-state index contributed by atoms with van der Waals surface area (Å²) >= 11 is 0. The number of nitrogens with zero attached hydrogens (tertiary/aromatic N) is 3. The van der Waals surface area contributed by atoms with Crippen LogP contribution in [0.5, 0.6) is 0 Å². The van der Waals surface area contributed by atoms with Crippen LogP contribution in [-0.4, -0.2) is 52.7 Å². The molecule has 0 spiro atoms. The fraction of sp³-hybridized carbons (Fsp3) is 0.750. The van der Waals surface area contributed by atoms with Crippen molar-refractivity contribution in [1.82, 2.24) is 25.4 Å². The third kappa shape index (κ3) is 3.07. The lowest BCUT2D eigenvalue weighted by Crippen LogP contribution is -2.39. The zero-order valence-electron chi connectivity index (χ0n) is 11.1. The Hall–Kier alpha value is -1.43. The van der Waals surface area contributed by atoms with Gasteiger partial charge in [0.1, 0.15) is 5.82 Å². The van der Waals surface area contributed by atoms with E-state index in [9.17, 15) is 4.79 Å². The first kappa shape index (κ1) is 13.0. The van der Waals surface area contributed by atoms with Gasteiger partial charge >= 0.3 is 0 Å². The smallest absolute Gasteiger partial charge is 0.293 e. The van der Waals surface area contributed by atoms with Crippen molar-refractivity contribution in [2.24, 2.45) is 5.92 Å². The maximum Gasteiger partial charge on any atom is 0.293 e. The third-order valence-electron chi connectivity index (χ3n) is 3.49. The molecule has 100 valence electrons. The summed E-state index contributed by atoms with van der Waals surface area (Å²) in [5.41, 5.74) is 0. The van der Waals surface area contributed by atoms with Gasteiger partial charge in [0.25, 0.3) is 5.91 Å². The Morgan fingerprint density at radius 3 is 2.78 bits per heavy atom. The van der Waals surface area contributed by atoms with Crippen LogP contribution in [-0.2, 0) is 0 Å². The first-order valence-corrected chi connectivity index (χ1v) is 6.53. The van der Waals surface area contributed by atoms with Crippen molar-refractivity contribution in [2.75, 3.05) is 26.7 Å². The van der Waals surface area contributed by atoms with Crippen LogP contribution in [0.1, 0.15) is 35.7 Å². The summed E-state index contributed by atoms with van der Waals surface area (Å²) in [6, 6.07) is 0. The van der Waals surface area contributed by atoms with Crippen LogP contribution in [0.2, 0.25) is 0 Å². The minimum absolute atomic E-state index is 0.0496. The molecule has 2 rings (SSSR count). The summed E-state index contributed by atoms with van der Waals surface area (Å²) in [5.74, 6) is 1.66. The number of nitrogens with one attached hydrogen (secondary N) is 2. The second kappa shape index (κ2) is 5.95. The van der Waals surface area contributed by atoms with Crippen molar-refractivity contribution < 1.29 is 4.79 Å². The van der Waals surface area contributed by atoms with Gasteiger partial charge in [0.15, 0.2) is 0 Å². The van der Waals surface area contributed by atoms with Gasteiger partial charge < -0.3 is 10.2 Å². The number of likely N-dealkylation sites (tertiary alicyclic amines) is 1. The SMILES string of the molecule is CNCCC1CCN(C(=O)c2n[nH]c(C)n2)CC1. The highest BCUT2D eigenvalue weighted by atomic mass is 16.2. The van der Waals surface area contributed by atoms with E-state index in [0.717, 1.165) is 38.4 Å². The van der Waals surface area contributed by atoms with Gasteiger partial charge in [0, 0.05) is 13.1 Å². The van der Waals surface area contributed by atoms with Crippen molar-refractivity contribution in [3.05, 3.63) is 11.6 Å². The Balaban J connectivity index is 1.84. The highest BCUT2D eigenvalue weighted by molar-refractivity contribution is 5.90. The number of hydrogen-bond donors (Lipinski definition) is 2. The molecule has 0 aliphatic carbocycles. The van der Waals surface area contributed by atoms with Crippen LogP contribution < -0.4 is 5.32 Å². The van der Waals surface area contributed by atoms with Crippen LogP contribution >= 0.6 is 0 Å². The van der Waals surface area contributed by atoms with Gasteiger partial charge in [0.2, 0.25) is 5.82 Å². The zero-order chi connectivity index (χ0) is 13.0. The van der Waals surface area contributed by atoms with Crippen LogP contribution in [0.3, 0.4) is 0 Å². The molecule has 2 N–H and O–H groups in total. The molecule has 1 fully saturated rings. The molecule has 0 aromatic carbocycles. The number of aryl methyl sites for hydroxylation is 1. The van der Waals surface area contributed by atoms with Crippen LogP contribution in [0, 0.1) is 12.8 Å². The quantitative estimate of drug-likeness (QED) is 0.820. The summed E-state index contributed by atoms with van der Waals surface area (Å²) in [5, 5.41) is 9.80. The second-order valence-electron chi connectivity index (χ2n) is 4.87. The minimum Gasteiger partial charge on any atom is -0.336 e. The molecule has 6 nitrogen and oxygen atoms in total. The van der Waals surface area contributed by atoms with Crippen molar-refractivity contribution in [1.29, 1.82) is 0 Å². The number of aromatic nitrogens is 3. The van der Waals surface area contributed by atoms with Crippen LogP contribution in [0.25, 0.3) is 0 Å². The van der Waals surface area contributed by atoms with Crippen molar-refractivity contribution in [2.45, 2.75) is 26.2 Å². The summed E-state index contributed by atoms with van der Waals surface area (Å²) in [4.78, 5) is 18.0. The Morgan fingerprint density at radius 2 is 2.22 bits per heavy atom. The van der Waals surface area contributed by atoms with E-state index < -0.39 is 0 Å². The largest absolute Gasteiger partial charge is 0.336 e. The molecule has 1 aliphatic heterocycles. The Morgan fingerprint density at radius 1 is 1.50 bits per heavy atom. The standard InChI is InChI=1S/C12H21N5O/c1-9-14-11(16-15-9)12(18)17-7-4-10(5-8-17)3-6-13-2/h10,13H,3-8H2,1-2H3,(H,14,15,16). The first-order valence-electron chi connectivity index (χ1n) is 6.53. The van der Waals surface area contributed by atoms with Gasteiger partial charge in [-0.15, -0.1) is 5.10 Å². The second-order valence-corrected chi connectivity index (χ2v) is 4.87. The fourth-order valence-electron chi connectivity index (χ4n) is 2.35. The summed E-state index contributed by atoms with van der Waals surface area (Å²) in [6.45, 7) is 4.49. The highest BCUT2D eigenvalue weighted by Gasteiger charge is 2.25. The summed E-state index contributed by atoms with van der Waals surface area (Å²) < 4.78 is 0. The number of carbonyl (C=O) groups excluding carboxylic acids is 1. The predicted molar refractivity (Wildman–Crippen MR) is 68.3 cm³/mol. The average molecular weight is 251 g/mol. The van der Waals surface area contributed by atoms with E-state index in [1.54, 1.807) is 6.92 Å². The maximum atomic E-state index is 12.1. The number of rotatable bonds is 4. The molecule has 1 saturated heterocycles. The molecule has 0 unspecified atom stereocenters. The molecule has 1 aliphatic rings. The first-order chi connectivity index (χ1) is 8.70. The Bertz CT molecular complexity index is 395. The number of piperidine rings is 1. The minimum atomic E-state index is -0.0496. The van der Waals surface area contributed by atoms with E-state index >= 15 is 0 Å². The molecule has 0 saturated carbocycles. The highest BCUT2D eigenvalue weighted by Crippen LogP contribution is 2.20. The third-order valence-corrected chi connectivity index (χ3v) is 3.49. The molecule has 0 radical (unpaired) electrons. The van der Waals surface area contributed by atoms with Crippen LogP contribution in [0.15, 0.2) is 0 Å². The monoisotopic (exact) mass is 251 g/mol. The van der Waals surface area contributed by atoms with E-state index in [2.05, 4.69) is 20.5 Å². The van der Waals surface area contributed by atoms with E-state index in [4.69, 9.17) is 0 Å². The fourth-order valence-corrected chi connectivity index (χ4v) is 2.35. The number of hydrogen-bond acceptors (Lipinski definition) is 4. The average Bonchev–Trinajstić information content (AvgIpc) is 2.83. The van der Waals surface area contributed by atoms with E-state index in [-0.39, 0.29) is 5.91 Å². The summed E-state index contributed by atoms with van der Waals surface area (Å²) in [7, 11) is 1.98. The molecule has 2 heterocycles. The molecule has 1 aromatic heterocycles. The zero-order valence-corrected chi connectivity index (χ0v) is 11.1. The van der Waals surface area contributed by atoms with Gasteiger partial charge in [-0.2, -0.15) is 0 Å². The normalized spacial score (nSPS) is 17.1. The molecule has 18 heavy (non-hydrogen) atoms. The van der Waals surface area contributed by atoms with Gasteiger partial charge in [-0.05, 0) is 45.7 Å². The lowest BCUT2D eigenvalue weighted by Gasteiger charge is -2.31. The van der Waals surface area contributed by atoms with E-state index in [0.29, 0.717) is 11.6 Å². The lowest BCUT2D eigenvalue weighted by molar-refractivity contribution is 0.0675. The molecular formula is C12H21N5O. The van der Waals surface area contributed by atoms with Crippen molar-refractivity contribution >= 4 is 5.91 Å². The Labute approximate surface area is 107 Å². The maximum absolute atomic E-state index is 12.1. The summed E-state index contributed by atoms with van der Waals surface area (Å²) in [6.07, 6.45) is 3.35. The number of H-pyrrole nitrogens is 1. The molecular weight excluding hydrogens is 230 g/mol. The molecule has 1 amide bonds. The van der Waals surface area contributed by atoms with Gasteiger partial charge in [-0.1, -0.05) is 0 Å². The van der Waals surface area contributed by atoms with Crippen LogP contribution in [0.4, 0.5) is 0 Å². The number of aromatic amines is 1. The van der Waals surface area contributed by atoms with Gasteiger partial charge in [-0.3, -0.25) is 9.89 Å². The number of amides is 1. The topological polar surface area (TPSA) is 73.9 Å². The lowest BCUT2D eigenvalue weighted by atomic mass is 9.93. The van der Waals surface area contributed by atoms with Crippen molar-refractivity contribution in [3.63, 3.8) is 0 Å². The van der Waals surface area contributed by atoms with E-state index in [1.165, 1.54) is 6.42 Å². The van der Waals surface area contributed by atoms with E-state index in [1.807, 2.05) is 11.9 Å². The van der Waals surface area contributed by atoms with Gasteiger partial charge in [-0.25, -0.2) is 4.98 Å². The molecule has 6 heteroatoms. The molecule has 0 atom stereocenters. The number of carbonyl (C=O) groups is 1. The van der Waals surface area contributed by atoms with Crippen molar-refractivity contribution in [3.8, 4) is 0 Å². The molecule has 1 aromatic rings. The predicted octanol–water partition coefficient (Wildman–Crippen LogP) is 0.575. The Kier molecular flexibility index (Phi) is 4.30.